The largest absolute Gasteiger partial charge is 0.497 e. The van der Waals surface area contributed by atoms with E-state index in [4.69, 9.17) is 4.74 Å². The summed E-state index contributed by atoms with van der Waals surface area (Å²) in [5.41, 5.74) is 5.43. The number of rotatable bonds is 5. The first kappa shape index (κ1) is 23.5. The second kappa shape index (κ2) is 9.77. The van der Waals surface area contributed by atoms with E-state index in [0.29, 0.717) is 29.8 Å². The van der Waals surface area contributed by atoms with E-state index in [2.05, 4.69) is 20.6 Å². The number of carbonyl (C=O) groups is 2. The number of ketones is 1. The number of anilines is 1. The average molecular weight is 481 g/mol. The lowest BCUT2D eigenvalue weighted by atomic mass is 9.72. The van der Waals surface area contributed by atoms with Crippen LogP contribution in [0.25, 0.3) is 0 Å². The smallest absolute Gasteiger partial charge is 0.255 e. The van der Waals surface area contributed by atoms with Crippen LogP contribution in [-0.4, -0.2) is 28.8 Å². The molecule has 2 N–H and O–H groups in total. The second-order valence-corrected chi connectivity index (χ2v) is 9.20. The number of carbonyl (C=O) groups excluding carboxylic acids is 2. The molecule has 7 heteroatoms. The molecule has 1 aromatic carbocycles. The Bertz CT molecular complexity index is 1380. The average Bonchev–Trinajstić information content (AvgIpc) is 2.88. The summed E-state index contributed by atoms with van der Waals surface area (Å²) in [5.74, 6) is 0.534. The predicted molar refractivity (Wildman–Crippen MR) is 137 cm³/mol. The lowest BCUT2D eigenvalue weighted by Crippen LogP contribution is -2.37. The highest BCUT2D eigenvalue weighted by atomic mass is 16.5. The van der Waals surface area contributed by atoms with Crippen molar-refractivity contribution in [1.82, 2.24) is 15.3 Å². The topological polar surface area (TPSA) is 93.2 Å². The lowest BCUT2D eigenvalue weighted by molar-refractivity contribution is -0.116. The van der Waals surface area contributed by atoms with Crippen LogP contribution in [0.5, 0.6) is 5.75 Å². The number of ether oxygens (including phenoxy) is 1. The lowest BCUT2D eigenvalue weighted by Gasteiger charge is -2.37. The summed E-state index contributed by atoms with van der Waals surface area (Å²) in [6.45, 7) is 3.75. The third-order valence-corrected chi connectivity index (χ3v) is 6.81. The molecule has 3 heterocycles. The van der Waals surface area contributed by atoms with E-state index in [0.717, 1.165) is 34.0 Å². The van der Waals surface area contributed by atoms with E-state index in [1.54, 1.807) is 25.6 Å². The van der Waals surface area contributed by atoms with Gasteiger partial charge >= 0.3 is 0 Å². The zero-order valence-electron chi connectivity index (χ0n) is 20.5. The van der Waals surface area contributed by atoms with Crippen molar-refractivity contribution in [3.63, 3.8) is 0 Å². The molecule has 0 radical (unpaired) electrons. The van der Waals surface area contributed by atoms with Crippen LogP contribution >= 0.6 is 0 Å². The number of dihydropyridines is 1. The van der Waals surface area contributed by atoms with Crippen molar-refractivity contribution < 1.29 is 14.3 Å². The Morgan fingerprint density at radius 3 is 2.53 bits per heavy atom. The molecule has 7 nitrogen and oxygen atoms in total. The van der Waals surface area contributed by atoms with Crippen molar-refractivity contribution in [3.05, 3.63) is 106 Å². The number of methoxy groups -OCH3 is 1. The van der Waals surface area contributed by atoms with Gasteiger partial charge in [0.2, 0.25) is 0 Å². The van der Waals surface area contributed by atoms with Crippen molar-refractivity contribution in [1.29, 1.82) is 0 Å². The van der Waals surface area contributed by atoms with Crippen LogP contribution in [0.1, 0.15) is 48.4 Å². The number of Topliss-reactive ketones (excluding diaryl/α,β-unsaturated/α-hetero) is 1. The molecule has 0 saturated carbocycles. The summed E-state index contributed by atoms with van der Waals surface area (Å²) in [6, 6.07) is 17.1. The first-order valence-corrected chi connectivity index (χ1v) is 12.0. The minimum absolute atomic E-state index is 0.0323. The molecule has 0 saturated heterocycles. The van der Waals surface area contributed by atoms with Gasteiger partial charge in [0.25, 0.3) is 5.91 Å². The van der Waals surface area contributed by atoms with Gasteiger partial charge in [-0.25, -0.2) is 4.98 Å². The zero-order valence-corrected chi connectivity index (χ0v) is 20.5. The minimum Gasteiger partial charge on any atom is -0.497 e. The summed E-state index contributed by atoms with van der Waals surface area (Å²) in [5, 5.41) is 6.34. The molecule has 2 atom stereocenters. The molecule has 0 unspecified atom stereocenters. The van der Waals surface area contributed by atoms with Gasteiger partial charge in [-0.2, -0.15) is 0 Å². The molecule has 5 rings (SSSR count). The van der Waals surface area contributed by atoms with Gasteiger partial charge in [0, 0.05) is 53.0 Å². The van der Waals surface area contributed by atoms with E-state index in [1.807, 2.05) is 62.4 Å². The second-order valence-electron chi connectivity index (χ2n) is 9.20. The van der Waals surface area contributed by atoms with Crippen LogP contribution in [0, 0.1) is 6.92 Å². The van der Waals surface area contributed by atoms with E-state index in [-0.39, 0.29) is 17.6 Å². The molecular weight excluding hydrogens is 452 g/mol. The number of benzene rings is 1. The van der Waals surface area contributed by atoms with Crippen LogP contribution in [0.4, 0.5) is 5.82 Å². The summed E-state index contributed by atoms with van der Waals surface area (Å²) < 4.78 is 5.28. The summed E-state index contributed by atoms with van der Waals surface area (Å²) in [4.78, 5) is 36.0. The van der Waals surface area contributed by atoms with Gasteiger partial charge in [-0.05, 0) is 67.6 Å². The van der Waals surface area contributed by atoms with E-state index in [9.17, 15) is 9.59 Å². The van der Waals surface area contributed by atoms with Gasteiger partial charge in [0.1, 0.15) is 11.6 Å². The van der Waals surface area contributed by atoms with Crippen molar-refractivity contribution in [3.8, 4) is 5.75 Å². The van der Waals surface area contributed by atoms with Crippen molar-refractivity contribution in [2.45, 2.75) is 38.5 Å². The Morgan fingerprint density at radius 2 is 1.83 bits per heavy atom. The minimum atomic E-state index is -0.510. The van der Waals surface area contributed by atoms with Crippen LogP contribution in [0.2, 0.25) is 0 Å². The molecule has 182 valence electrons. The quantitative estimate of drug-likeness (QED) is 0.545. The molecule has 2 aliphatic rings. The fraction of sp³-hybridized carbons (Fsp3) is 0.241. The number of nitrogens with one attached hydrogen (secondary N) is 2. The third-order valence-electron chi connectivity index (χ3n) is 6.81. The zero-order chi connectivity index (χ0) is 25.2. The first-order valence-electron chi connectivity index (χ1n) is 12.0. The van der Waals surface area contributed by atoms with Crippen molar-refractivity contribution in [2.24, 2.45) is 0 Å². The number of hydrogen-bond donors (Lipinski definition) is 2. The van der Waals surface area contributed by atoms with Gasteiger partial charge in [0.05, 0.1) is 7.11 Å². The van der Waals surface area contributed by atoms with Crippen molar-refractivity contribution >= 4 is 17.5 Å². The van der Waals surface area contributed by atoms with Gasteiger partial charge in [0.15, 0.2) is 5.78 Å². The summed E-state index contributed by atoms with van der Waals surface area (Å²) in [6.07, 6.45) is 4.47. The molecular formula is C29H28N4O3. The highest BCUT2D eigenvalue weighted by molar-refractivity contribution is 6.09. The highest BCUT2D eigenvalue weighted by Gasteiger charge is 2.41. The van der Waals surface area contributed by atoms with E-state index < -0.39 is 5.92 Å². The number of hydrogen-bond acceptors (Lipinski definition) is 6. The van der Waals surface area contributed by atoms with Crippen LogP contribution in [-0.2, 0) is 9.59 Å². The summed E-state index contributed by atoms with van der Waals surface area (Å²) in [7, 11) is 1.64. The molecule has 0 spiro atoms. The molecule has 1 aliphatic heterocycles. The van der Waals surface area contributed by atoms with Gasteiger partial charge in [-0.1, -0.05) is 24.3 Å². The van der Waals surface area contributed by atoms with Gasteiger partial charge in [-0.15, -0.1) is 0 Å². The standard InChI is InChI=1S/C29H28N4O3/c1-17-6-4-8-25(31-17)33-29(35)26-18(2)32-23-14-21(19-9-11-22(36-3)12-10-19)15-24(34)28(23)27(26)20-7-5-13-30-16-20/h4-13,16,21,27,32H,14-15H2,1-3H3,(H,31,33,35)/t21-,27-/m0/s1. The molecule has 1 amide bonds. The van der Waals surface area contributed by atoms with E-state index >= 15 is 0 Å². The maximum atomic E-state index is 13.7. The fourth-order valence-electron chi connectivity index (χ4n) is 5.13. The SMILES string of the molecule is COc1ccc([C@@H]2CC(=O)C3=C(C2)NC(C)=C(C(=O)Nc2cccc(C)n2)[C@@H]3c2cccnc2)cc1. The number of nitrogens with zero attached hydrogens (tertiary/aromatic N) is 2. The molecule has 2 aromatic heterocycles. The molecule has 0 fully saturated rings. The number of aryl methyl sites for hydroxylation is 1. The first-order chi connectivity index (χ1) is 17.4. The maximum absolute atomic E-state index is 13.7. The fourth-order valence-corrected chi connectivity index (χ4v) is 5.13. The van der Waals surface area contributed by atoms with Gasteiger partial charge < -0.3 is 15.4 Å². The maximum Gasteiger partial charge on any atom is 0.255 e. The van der Waals surface area contributed by atoms with Gasteiger partial charge in [-0.3, -0.25) is 14.6 Å². The monoisotopic (exact) mass is 480 g/mol. The Morgan fingerprint density at radius 1 is 1.03 bits per heavy atom. The van der Waals surface area contributed by atoms with Crippen LogP contribution < -0.4 is 15.4 Å². The Balaban J connectivity index is 1.52. The molecule has 36 heavy (non-hydrogen) atoms. The Labute approximate surface area is 210 Å². The molecule has 0 bridgehead atoms. The number of amides is 1. The Hall–Kier alpha value is -4.26. The van der Waals surface area contributed by atoms with E-state index in [1.165, 1.54) is 0 Å². The number of aromatic nitrogens is 2. The molecule has 1 aliphatic carbocycles. The predicted octanol–water partition coefficient (Wildman–Crippen LogP) is 4.79. The normalized spacial score (nSPS) is 19.5. The Kier molecular flexibility index (Phi) is 6.38. The van der Waals surface area contributed by atoms with Crippen LogP contribution in [0.15, 0.2) is 89.5 Å². The number of pyridine rings is 2. The molecule has 3 aromatic rings. The third kappa shape index (κ3) is 4.52. The van der Waals surface area contributed by atoms with Crippen LogP contribution in [0.3, 0.4) is 0 Å². The summed E-state index contributed by atoms with van der Waals surface area (Å²) >= 11 is 0. The highest BCUT2D eigenvalue weighted by Crippen LogP contribution is 2.45. The van der Waals surface area contributed by atoms with Crippen molar-refractivity contribution in [2.75, 3.05) is 12.4 Å². The number of allylic oxidation sites excluding steroid dienone is 3.